The number of benzene rings is 1. The van der Waals surface area contributed by atoms with Gasteiger partial charge in [-0.15, -0.1) is 0 Å². The van der Waals surface area contributed by atoms with Crippen molar-refractivity contribution in [3.63, 3.8) is 0 Å². The molecule has 1 fully saturated rings. The molecular weight excluding hydrogens is 172 g/mol. The summed E-state index contributed by atoms with van der Waals surface area (Å²) in [6.07, 6.45) is 2.41. The maximum atomic E-state index is 3.57. The van der Waals surface area contributed by atoms with Gasteiger partial charge in [-0.3, -0.25) is 0 Å². The van der Waals surface area contributed by atoms with E-state index < -0.39 is 0 Å². The quantitative estimate of drug-likeness (QED) is 0.745. The molecule has 2 heteroatoms. The monoisotopic (exact) mass is 190 g/mol. The SMILES string of the molecule is c1ccc(CCNC2CCNC2)cc1. The zero-order valence-corrected chi connectivity index (χ0v) is 8.50. The molecule has 0 spiro atoms. The molecule has 0 aliphatic carbocycles. The predicted molar refractivity (Wildman–Crippen MR) is 59.4 cm³/mol. The highest BCUT2D eigenvalue weighted by Crippen LogP contribution is 2.00. The molecule has 14 heavy (non-hydrogen) atoms. The van der Waals surface area contributed by atoms with Gasteiger partial charge in [0.2, 0.25) is 0 Å². The summed E-state index contributed by atoms with van der Waals surface area (Å²) >= 11 is 0. The summed E-state index contributed by atoms with van der Waals surface area (Å²) in [6.45, 7) is 3.40. The Bertz CT molecular complexity index is 252. The Balaban J connectivity index is 1.67. The minimum Gasteiger partial charge on any atom is -0.315 e. The molecule has 0 saturated carbocycles. The average Bonchev–Trinajstić information content (AvgIpc) is 2.72. The Hall–Kier alpha value is -0.860. The zero-order valence-electron chi connectivity index (χ0n) is 8.50. The Labute approximate surface area is 85.7 Å². The Morgan fingerprint density at radius 2 is 2.14 bits per heavy atom. The van der Waals surface area contributed by atoms with Crippen LogP contribution in [-0.2, 0) is 6.42 Å². The smallest absolute Gasteiger partial charge is 0.0204 e. The third-order valence-corrected chi connectivity index (χ3v) is 2.75. The maximum absolute atomic E-state index is 3.57. The van der Waals surface area contributed by atoms with E-state index >= 15 is 0 Å². The summed E-state index contributed by atoms with van der Waals surface area (Å²) in [5.74, 6) is 0. The van der Waals surface area contributed by atoms with Crippen molar-refractivity contribution in [3.8, 4) is 0 Å². The zero-order chi connectivity index (χ0) is 9.64. The van der Waals surface area contributed by atoms with E-state index in [-0.39, 0.29) is 0 Å². The van der Waals surface area contributed by atoms with Gasteiger partial charge in [0.25, 0.3) is 0 Å². The van der Waals surface area contributed by atoms with Crippen molar-refractivity contribution in [1.82, 2.24) is 10.6 Å². The highest BCUT2D eigenvalue weighted by atomic mass is 15.0. The minimum absolute atomic E-state index is 0.693. The summed E-state index contributed by atoms with van der Waals surface area (Å²) in [7, 11) is 0. The summed E-state index contributed by atoms with van der Waals surface area (Å²) in [5.41, 5.74) is 1.42. The predicted octanol–water partition coefficient (Wildman–Crippen LogP) is 1.18. The fraction of sp³-hybridized carbons (Fsp3) is 0.500. The van der Waals surface area contributed by atoms with Crippen LogP contribution >= 0.6 is 0 Å². The van der Waals surface area contributed by atoms with Crippen molar-refractivity contribution in [2.45, 2.75) is 18.9 Å². The molecule has 1 heterocycles. The second-order valence-electron chi connectivity index (χ2n) is 3.88. The fourth-order valence-corrected chi connectivity index (χ4v) is 1.89. The number of nitrogens with one attached hydrogen (secondary N) is 2. The first-order valence-corrected chi connectivity index (χ1v) is 5.43. The van der Waals surface area contributed by atoms with Gasteiger partial charge in [-0.1, -0.05) is 30.3 Å². The molecule has 2 N–H and O–H groups in total. The topological polar surface area (TPSA) is 24.1 Å². The largest absolute Gasteiger partial charge is 0.315 e. The van der Waals surface area contributed by atoms with Crippen LogP contribution in [0.2, 0.25) is 0 Å². The van der Waals surface area contributed by atoms with Crippen molar-refractivity contribution < 1.29 is 0 Å². The number of hydrogen-bond donors (Lipinski definition) is 2. The van der Waals surface area contributed by atoms with Crippen LogP contribution in [0.4, 0.5) is 0 Å². The van der Waals surface area contributed by atoms with E-state index in [0.29, 0.717) is 6.04 Å². The van der Waals surface area contributed by atoms with Gasteiger partial charge in [-0.05, 0) is 31.5 Å². The van der Waals surface area contributed by atoms with E-state index in [9.17, 15) is 0 Å². The fourth-order valence-electron chi connectivity index (χ4n) is 1.89. The van der Waals surface area contributed by atoms with Crippen LogP contribution in [0.1, 0.15) is 12.0 Å². The first-order valence-electron chi connectivity index (χ1n) is 5.43. The van der Waals surface area contributed by atoms with Crippen LogP contribution in [0, 0.1) is 0 Å². The normalized spacial score (nSPS) is 21.3. The lowest BCUT2D eigenvalue weighted by Crippen LogP contribution is -2.32. The van der Waals surface area contributed by atoms with Gasteiger partial charge in [0.15, 0.2) is 0 Å². The minimum atomic E-state index is 0.693. The third-order valence-electron chi connectivity index (χ3n) is 2.75. The Kier molecular flexibility index (Phi) is 3.55. The van der Waals surface area contributed by atoms with Crippen molar-refractivity contribution in [2.75, 3.05) is 19.6 Å². The summed E-state index contributed by atoms with van der Waals surface area (Å²) in [6, 6.07) is 11.3. The summed E-state index contributed by atoms with van der Waals surface area (Å²) < 4.78 is 0. The molecule has 0 radical (unpaired) electrons. The van der Waals surface area contributed by atoms with E-state index in [1.54, 1.807) is 0 Å². The third kappa shape index (κ3) is 2.82. The van der Waals surface area contributed by atoms with Crippen LogP contribution in [0.3, 0.4) is 0 Å². The van der Waals surface area contributed by atoms with E-state index in [1.165, 1.54) is 18.5 Å². The highest BCUT2D eigenvalue weighted by molar-refractivity contribution is 5.14. The van der Waals surface area contributed by atoms with Crippen LogP contribution in [0.15, 0.2) is 30.3 Å². The molecule has 1 aliphatic rings. The number of rotatable bonds is 4. The van der Waals surface area contributed by atoms with Gasteiger partial charge < -0.3 is 10.6 Å². The van der Waals surface area contributed by atoms with Crippen LogP contribution < -0.4 is 10.6 Å². The molecule has 0 aromatic heterocycles. The van der Waals surface area contributed by atoms with Crippen molar-refractivity contribution in [3.05, 3.63) is 35.9 Å². The van der Waals surface area contributed by atoms with Gasteiger partial charge in [0.1, 0.15) is 0 Å². The molecule has 1 atom stereocenters. The Morgan fingerprint density at radius 1 is 1.29 bits per heavy atom. The molecule has 1 aliphatic heterocycles. The highest BCUT2D eigenvalue weighted by Gasteiger charge is 2.12. The van der Waals surface area contributed by atoms with Gasteiger partial charge in [-0.25, -0.2) is 0 Å². The van der Waals surface area contributed by atoms with E-state index in [2.05, 4.69) is 41.0 Å². The van der Waals surface area contributed by atoms with Crippen molar-refractivity contribution >= 4 is 0 Å². The molecule has 0 bridgehead atoms. The second kappa shape index (κ2) is 5.13. The van der Waals surface area contributed by atoms with Crippen LogP contribution in [0.5, 0.6) is 0 Å². The molecule has 2 rings (SSSR count). The first kappa shape index (κ1) is 9.69. The van der Waals surface area contributed by atoms with Gasteiger partial charge in [0, 0.05) is 12.6 Å². The molecular formula is C12H18N2. The van der Waals surface area contributed by atoms with Gasteiger partial charge in [0.05, 0.1) is 0 Å². The number of hydrogen-bond acceptors (Lipinski definition) is 2. The molecule has 1 aromatic carbocycles. The molecule has 76 valence electrons. The molecule has 1 aromatic rings. The van der Waals surface area contributed by atoms with Gasteiger partial charge in [-0.2, -0.15) is 0 Å². The van der Waals surface area contributed by atoms with Gasteiger partial charge >= 0.3 is 0 Å². The average molecular weight is 190 g/mol. The summed E-state index contributed by atoms with van der Waals surface area (Å²) in [4.78, 5) is 0. The van der Waals surface area contributed by atoms with Crippen LogP contribution in [0.25, 0.3) is 0 Å². The first-order chi connectivity index (χ1) is 6.95. The van der Waals surface area contributed by atoms with Crippen molar-refractivity contribution in [1.29, 1.82) is 0 Å². The molecule has 1 saturated heterocycles. The molecule has 2 nitrogen and oxygen atoms in total. The molecule has 0 amide bonds. The molecule has 1 unspecified atom stereocenters. The standard InChI is InChI=1S/C12H18N2/c1-2-4-11(5-3-1)6-9-14-12-7-8-13-10-12/h1-5,12-14H,6-10H2. The lowest BCUT2D eigenvalue weighted by molar-refractivity contribution is 0.550. The second-order valence-corrected chi connectivity index (χ2v) is 3.88. The van der Waals surface area contributed by atoms with Crippen molar-refractivity contribution in [2.24, 2.45) is 0 Å². The van der Waals surface area contributed by atoms with E-state index in [1.807, 2.05) is 0 Å². The lowest BCUT2D eigenvalue weighted by Gasteiger charge is -2.10. The van der Waals surface area contributed by atoms with Crippen LogP contribution in [-0.4, -0.2) is 25.7 Å². The van der Waals surface area contributed by atoms with E-state index in [0.717, 1.165) is 19.5 Å². The maximum Gasteiger partial charge on any atom is 0.0204 e. The van der Waals surface area contributed by atoms with E-state index in [4.69, 9.17) is 0 Å². The Morgan fingerprint density at radius 3 is 2.86 bits per heavy atom. The lowest BCUT2D eigenvalue weighted by atomic mass is 10.1. The summed E-state index contributed by atoms with van der Waals surface area (Å²) in [5, 5.41) is 6.93.